The summed E-state index contributed by atoms with van der Waals surface area (Å²) in [6.45, 7) is 6.13. The highest BCUT2D eigenvalue weighted by atomic mass is 16.5. The minimum Gasteiger partial charge on any atom is -0.496 e. The number of hydrogen-bond donors (Lipinski definition) is 0. The molecule has 23 heavy (non-hydrogen) atoms. The minimum absolute atomic E-state index is 0.0145. The zero-order valence-electron chi connectivity index (χ0n) is 14.1. The molecule has 2 heterocycles. The van der Waals surface area contributed by atoms with Gasteiger partial charge in [-0.25, -0.2) is 4.79 Å². The molecule has 5 nitrogen and oxygen atoms in total. The average molecular weight is 318 g/mol. The lowest BCUT2D eigenvalue weighted by Crippen LogP contribution is -2.33. The Bertz CT molecular complexity index is 792. The van der Waals surface area contributed by atoms with Crippen molar-refractivity contribution in [3.05, 3.63) is 33.7 Å². The van der Waals surface area contributed by atoms with Crippen LogP contribution in [0.1, 0.15) is 38.0 Å². The minimum atomic E-state index is -0.364. The third-order valence-corrected chi connectivity index (χ3v) is 4.73. The maximum Gasteiger partial charge on any atom is 0.336 e. The molecule has 0 unspecified atom stereocenters. The summed E-state index contributed by atoms with van der Waals surface area (Å²) in [4.78, 5) is 11.8. The highest BCUT2D eigenvalue weighted by molar-refractivity contribution is 5.90. The van der Waals surface area contributed by atoms with Crippen LogP contribution >= 0.6 is 0 Å². The number of hydrogen-bond acceptors (Lipinski definition) is 5. The van der Waals surface area contributed by atoms with Crippen LogP contribution in [0.25, 0.3) is 11.0 Å². The van der Waals surface area contributed by atoms with Crippen LogP contribution in [0.5, 0.6) is 11.5 Å². The maximum absolute atomic E-state index is 11.8. The van der Waals surface area contributed by atoms with E-state index in [-0.39, 0.29) is 23.8 Å². The van der Waals surface area contributed by atoms with E-state index in [2.05, 4.69) is 6.92 Å². The fourth-order valence-corrected chi connectivity index (χ4v) is 3.34. The molecule has 0 spiro atoms. The van der Waals surface area contributed by atoms with Gasteiger partial charge in [0.25, 0.3) is 0 Å². The van der Waals surface area contributed by atoms with Crippen LogP contribution in [-0.2, 0) is 11.2 Å². The molecule has 0 radical (unpaired) electrons. The maximum atomic E-state index is 11.8. The second kappa shape index (κ2) is 5.89. The summed E-state index contributed by atoms with van der Waals surface area (Å²) in [5.41, 5.74) is 1.92. The highest BCUT2D eigenvalue weighted by Crippen LogP contribution is 2.49. The average Bonchev–Trinajstić information content (AvgIpc) is 2.54. The summed E-state index contributed by atoms with van der Waals surface area (Å²) in [5, 5.41) is 0.837. The first-order valence-corrected chi connectivity index (χ1v) is 7.88. The van der Waals surface area contributed by atoms with Crippen molar-refractivity contribution < 1.29 is 18.6 Å². The third-order valence-electron chi connectivity index (χ3n) is 4.73. The fraction of sp³-hybridized carbons (Fsp3) is 0.500. The van der Waals surface area contributed by atoms with Crippen molar-refractivity contribution in [3.63, 3.8) is 0 Å². The molecule has 0 fully saturated rings. The fourth-order valence-electron chi connectivity index (χ4n) is 3.34. The second-order valence-electron chi connectivity index (χ2n) is 5.98. The molecule has 0 saturated carbocycles. The standard InChI is InChI=1S/C18H22O5/c1-6-11-7-14(19)23-13-8-12(20-4)16-17(21-5)9(2)10(3)22-18(16)15(11)13/h7-10,17H,6H2,1-5H3/t9-,10+,17+/m0/s1. The molecule has 0 amide bonds. The molecule has 3 rings (SSSR count). The third kappa shape index (κ3) is 2.39. The number of ether oxygens (including phenoxy) is 3. The monoisotopic (exact) mass is 318 g/mol. The van der Waals surface area contributed by atoms with Crippen LogP contribution in [0.4, 0.5) is 0 Å². The molecule has 0 saturated heterocycles. The van der Waals surface area contributed by atoms with Gasteiger partial charge in [0.15, 0.2) is 0 Å². The van der Waals surface area contributed by atoms with Gasteiger partial charge < -0.3 is 18.6 Å². The second-order valence-corrected chi connectivity index (χ2v) is 5.98. The summed E-state index contributed by atoms with van der Waals surface area (Å²) in [7, 11) is 3.29. The molecule has 1 aliphatic rings. The Balaban J connectivity index is 2.43. The molecular formula is C18H22O5. The van der Waals surface area contributed by atoms with Crippen LogP contribution < -0.4 is 15.1 Å². The van der Waals surface area contributed by atoms with Crippen molar-refractivity contribution >= 4 is 11.0 Å². The van der Waals surface area contributed by atoms with Gasteiger partial charge in [-0.15, -0.1) is 0 Å². The first-order valence-electron chi connectivity index (χ1n) is 7.88. The topological polar surface area (TPSA) is 57.9 Å². The Morgan fingerprint density at radius 1 is 1.22 bits per heavy atom. The zero-order chi connectivity index (χ0) is 16.7. The summed E-state index contributed by atoms with van der Waals surface area (Å²) in [6, 6.07) is 3.29. The summed E-state index contributed by atoms with van der Waals surface area (Å²) in [5.74, 6) is 1.51. The molecule has 0 N–H and O–H groups in total. The van der Waals surface area contributed by atoms with Crippen LogP contribution in [0.2, 0.25) is 0 Å². The lowest BCUT2D eigenvalue weighted by atomic mass is 9.87. The Labute approximate surface area is 135 Å². The molecule has 0 bridgehead atoms. The quantitative estimate of drug-likeness (QED) is 0.811. The molecule has 0 aliphatic carbocycles. The van der Waals surface area contributed by atoms with E-state index in [4.69, 9.17) is 18.6 Å². The molecule has 124 valence electrons. The molecule has 3 atom stereocenters. The van der Waals surface area contributed by atoms with E-state index in [1.54, 1.807) is 20.3 Å². The van der Waals surface area contributed by atoms with Gasteiger partial charge in [-0.3, -0.25) is 0 Å². The van der Waals surface area contributed by atoms with E-state index < -0.39 is 0 Å². The van der Waals surface area contributed by atoms with Crippen molar-refractivity contribution in [3.8, 4) is 11.5 Å². The van der Waals surface area contributed by atoms with Gasteiger partial charge in [-0.1, -0.05) is 13.8 Å². The van der Waals surface area contributed by atoms with Crippen molar-refractivity contribution in [2.45, 2.75) is 39.4 Å². The molecule has 2 aromatic rings. The predicted octanol–water partition coefficient (Wildman–Crippen LogP) is 3.47. The SMILES string of the molecule is CCc1cc(=O)oc2cc(OC)c3c(c12)O[C@H](C)[C@H](C)[C@H]3OC. The van der Waals surface area contributed by atoms with Gasteiger partial charge in [0.1, 0.15) is 23.2 Å². The lowest BCUT2D eigenvalue weighted by Gasteiger charge is -2.36. The van der Waals surface area contributed by atoms with Crippen LogP contribution in [0, 0.1) is 5.92 Å². The van der Waals surface area contributed by atoms with Crippen molar-refractivity contribution in [2.24, 2.45) is 5.92 Å². The zero-order valence-corrected chi connectivity index (χ0v) is 14.1. The van der Waals surface area contributed by atoms with Crippen LogP contribution in [0.15, 0.2) is 21.3 Å². The van der Waals surface area contributed by atoms with Crippen LogP contribution in [0.3, 0.4) is 0 Å². The molecule has 1 aromatic carbocycles. The van der Waals surface area contributed by atoms with Crippen LogP contribution in [-0.4, -0.2) is 20.3 Å². The predicted molar refractivity (Wildman–Crippen MR) is 87.4 cm³/mol. The smallest absolute Gasteiger partial charge is 0.336 e. The van der Waals surface area contributed by atoms with E-state index in [1.165, 1.54) is 6.07 Å². The van der Waals surface area contributed by atoms with E-state index in [0.717, 1.165) is 16.5 Å². The number of methoxy groups -OCH3 is 2. The van der Waals surface area contributed by atoms with E-state index >= 15 is 0 Å². The van der Waals surface area contributed by atoms with Gasteiger partial charge >= 0.3 is 5.63 Å². The summed E-state index contributed by atoms with van der Waals surface area (Å²) < 4.78 is 22.8. The Morgan fingerprint density at radius 2 is 1.96 bits per heavy atom. The molecular weight excluding hydrogens is 296 g/mol. The Kier molecular flexibility index (Phi) is 4.06. The van der Waals surface area contributed by atoms with E-state index in [0.29, 0.717) is 23.5 Å². The van der Waals surface area contributed by atoms with Crippen molar-refractivity contribution in [2.75, 3.05) is 14.2 Å². The number of rotatable bonds is 3. The summed E-state index contributed by atoms with van der Waals surface area (Å²) in [6.07, 6.45) is 0.565. The van der Waals surface area contributed by atoms with Gasteiger partial charge in [0, 0.05) is 25.2 Å². The number of benzene rings is 1. The Hall–Kier alpha value is -2.01. The highest BCUT2D eigenvalue weighted by Gasteiger charge is 2.37. The largest absolute Gasteiger partial charge is 0.496 e. The van der Waals surface area contributed by atoms with E-state index in [9.17, 15) is 4.79 Å². The molecule has 5 heteroatoms. The Morgan fingerprint density at radius 3 is 2.57 bits per heavy atom. The first kappa shape index (κ1) is 15.9. The molecule has 1 aliphatic heterocycles. The van der Waals surface area contributed by atoms with E-state index in [1.807, 2.05) is 13.8 Å². The normalized spacial score (nSPS) is 23.4. The summed E-state index contributed by atoms with van der Waals surface area (Å²) >= 11 is 0. The van der Waals surface area contributed by atoms with Crippen molar-refractivity contribution in [1.29, 1.82) is 0 Å². The number of fused-ring (bicyclic) bond motifs is 3. The van der Waals surface area contributed by atoms with Crippen molar-refractivity contribution in [1.82, 2.24) is 0 Å². The lowest BCUT2D eigenvalue weighted by molar-refractivity contribution is -0.0133. The molecule has 1 aromatic heterocycles. The number of aryl methyl sites for hydroxylation is 1. The van der Waals surface area contributed by atoms with Gasteiger partial charge in [-0.2, -0.15) is 0 Å². The van der Waals surface area contributed by atoms with Gasteiger partial charge in [0.2, 0.25) is 0 Å². The first-order chi connectivity index (χ1) is 11.0. The van der Waals surface area contributed by atoms with Gasteiger partial charge in [0.05, 0.1) is 24.2 Å². The van der Waals surface area contributed by atoms with Gasteiger partial charge in [-0.05, 0) is 18.9 Å².